The van der Waals surface area contributed by atoms with Crippen LogP contribution in [0.25, 0.3) is 5.69 Å². The normalized spacial score (nSPS) is 18.2. The Morgan fingerprint density at radius 2 is 2.22 bits per heavy atom. The van der Waals surface area contributed by atoms with Gasteiger partial charge in [0.15, 0.2) is 23.1 Å². The molecule has 0 saturated carbocycles. The second-order valence-electron chi connectivity index (χ2n) is 6.36. The highest BCUT2D eigenvalue weighted by Crippen LogP contribution is 2.34. The van der Waals surface area contributed by atoms with Crippen molar-refractivity contribution in [2.24, 2.45) is 7.05 Å². The van der Waals surface area contributed by atoms with Gasteiger partial charge in [-0.25, -0.2) is 23.4 Å². The Morgan fingerprint density at radius 3 is 2.96 bits per heavy atom. The molecule has 0 fully saturated rings. The van der Waals surface area contributed by atoms with E-state index in [1.54, 1.807) is 18.2 Å². The smallest absolute Gasteiger partial charge is 0.350 e. The zero-order valence-electron chi connectivity index (χ0n) is 14.5. The SMILES string of the molecule is Cn1nc2n(c1=O)-c1cc(Nc3ncc(F)c(N)n3)ccc1OCC2(C)O. The number of rotatable bonds is 2. The van der Waals surface area contributed by atoms with Crippen molar-refractivity contribution in [1.82, 2.24) is 24.3 Å². The average molecular weight is 373 g/mol. The number of nitrogens with zero attached hydrogens (tertiary/aromatic N) is 5. The molecule has 1 aliphatic rings. The molecule has 0 radical (unpaired) electrons. The Morgan fingerprint density at radius 1 is 1.44 bits per heavy atom. The van der Waals surface area contributed by atoms with Crippen molar-refractivity contribution in [3.63, 3.8) is 0 Å². The summed E-state index contributed by atoms with van der Waals surface area (Å²) in [5, 5.41) is 17.7. The molecule has 2 aromatic heterocycles. The van der Waals surface area contributed by atoms with Crippen LogP contribution in [-0.2, 0) is 12.6 Å². The Balaban J connectivity index is 1.82. The van der Waals surface area contributed by atoms with Crippen molar-refractivity contribution in [2.45, 2.75) is 12.5 Å². The lowest BCUT2D eigenvalue weighted by molar-refractivity contribution is 0.00200. The van der Waals surface area contributed by atoms with Crippen molar-refractivity contribution in [3.05, 3.63) is 46.5 Å². The highest BCUT2D eigenvalue weighted by molar-refractivity contribution is 5.63. The highest BCUT2D eigenvalue weighted by atomic mass is 19.1. The minimum atomic E-state index is -1.46. The maximum Gasteiger partial charge on any atom is 0.350 e. The Labute approximate surface area is 152 Å². The van der Waals surface area contributed by atoms with Crippen LogP contribution in [-0.4, -0.2) is 36.0 Å². The standard InChI is InChI=1S/C16H16FN7O3/c1-16(26)7-27-11-4-3-8(20-14-19-6-9(17)12(18)21-14)5-10(11)24-13(16)22-23(2)15(24)25/h3-6,26H,7H2,1-2H3,(H3,18,19,20,21). The molecule has 1 atom stereocenters. The van der Waals surface area contributed by atoms with Gasteiger partial charge >= 0.3 is 5.69 Å². The van der Waals surface area contributed by atoms with Gasteiger partial charge in [-0.15, -0.1) is 0 Å². The van der Waals surface area contributed by atoms with E-state index in [1.807, 2.05) is 0 Å². The molecule has 11 heteroatoms. The zero-order valence-corrected chi connectivity index (χ0v) is 14.5. The predicted octanol–water partition coefficient (Wildman–Crippen LogP) is 0.426. The number of aromatic nitrogens is 5. The predicted molar refractivity (Wildman–Crippen MR) is 93.6 cm³/mol. The summed E-state index contributed by atoms with van der Waals surface area (Å²) in [6.45, 7) is 1.45. The fraction of sp³-hybridized carbons (Fsp3) is 0.250. The number of benzene rings is 1. The fourth-order valence-electron chi connectivity index (χ4n) is 2.78. The third kappa shape index (κ3) is 2.77. The van der Waals surface area contributed by atoms with Gasteiger partial charge < -0.3 is 20.9 Å². The zero-order chi connectivity index (χ0) is 19.3. The van der Waals surface area contributed by atoms with Crippen LogP contribution in [0, 0.1) is 5.82 Å². The first kappa shape index (κ1) is 17.0. The molecule has 0 aliphatic carbocycles. The number of anilines is 3. The molecule has 1 unspecified atom stereocenters. The molecule has 27 heavy (non-hydrogen) atoms. The van der Waals surface area contributed by atoms with Crippen LogP contribution in [0.5, 0.6) is 5.75 Å². The average Bonchev–Trinajstić information content (AvgIpc) is 2.87. The molecule has 1 aromatic carbocycles. The number of nitrogens with two attached hydrogens (primary N) is 1. The summed E-state index contributed by atoms with van der Waals surface area (Å²) in [4.78, 5) is 20.2. The number of nitrogen functional groups attached to an aromatic ring is 1. The first-order chi connectivity index (χ1) is 12.8. The van der Waals surface area contributed by atoms with Crippen molar-refractivity contribution < 1.29 is 14.2 Å². The summed E-state index contributed by atoms with van der Waals surface area (Å²) in [7, 11) is 1.50. The van der Waals surface area contributed by atoms with E-state index >= 15 is 0 Å². The molecule has 140 valence electrons. The fourth-order valence-corrected chi connectivity index (χ4v) is 2.78. The van der Waals surface area contributed by atoms with Gasteiger partial charge in [0.05, 0.1) is 11.9 Å². The van der Waals surface area contributed by atoms with Crippen LogP contribution in [0.3, 0.4) is 0 Å². The first-order valence-electron chi connectivity index (χ1n) is 7.97. The van der Waals surface area contributed by atoms with E-state index in [2.05, 4.69) is 20.4 Å². The largest absolute Gasteiger partial charge is 0.488 e. The molecule has 0 saturated heterocycles. The summed E-state index contributed by atoms with van der Waals surface area (Å²) in [5.41, 5.74) is 4.46. The number of ether oxygens (including phenoxy) is 1. The van der Waals surface area contributed by atoms with E-state index in [1.165, 1.54) is 18.5 Å². The van der Waals surface area contributed by atoms with Gasteiger partial charge in [0.1, 0.15) is 12.4 Å². The van der Waals surface area contributed by atoms with E-state index in [-0.39, 0.29) is 24.2 Å². The van der Waals surface area contributed by atoms with Gasteiger partial charge in [-0.3, -0.25) is 0 Å². The van der Waals surface area contributed by atoms with Crippen LogP contribution in [0.4, 0.5) is 21.8 Å². The molecule has 3 aromatic rings. The topological polar surface area (TPSA) is 133 Å². The summed E-state index contributed by atoms with van der Waals surface area (Å²) in [6.07, 6.45) is 0.956. The van der Waals surface area contributed by atoms with Gasteiger partial charge in [-0.1, -0.05) is 0 Å². The molecule has 4 N–H and O–H groups in total. The van der Waals surface area contributed by atoms with E-state index in [0.717, 1.165) is 10.9 Å². The second kappa shape index (κ2) is 5.77. The number of hydrogen-bond donors (Lipinski definition) is 3. The van der Waals surface area contributed by atoms with Crippen LogP contribution in [0.2, 0.25) is 0 Å². The molecule has 4 rings (SSSR count). The van der Waals surface area contributed by atoms with Gasteiger partial charge in [0.25, 0.3) is 0 Å². The Hall–Kier alpha value is -3.47. The summed E-state index contributed by atoms with van der Waals surface area (Å²) in [5.74, 6) is -0.353. The molecule has 0 spiro atoms. The van der Waals surface area contributed by atoms with Crippen LogP contribution < -0.4 is 21.5 Å². The number of aliphatic hydroxyl groups is 1. The summed E-state index contributed by atoms with van der Waals surface area (Å²) >= 11 is 0. The van der Waals surface area contributed by atoms with Crippen molar-refractivity contribution >= 4 is 17.5 Å². The summed E-state index contributed by atoms with van der Waals surface area (Å²) < 4.78 is 21.3. The minimum Gasteiger partial charge on any atom is -0.488 e. The van der Waals surface area contributed by atoms with E-state index in [9.17, 15) is 14.3 Å². The first-order valence-corrected chi connectivity index (χ1v) is 7.97. The molecular weight excluding hydrogens is 357 g/mol. The van der Waals surface area contributed by atoms with Crippen molar-refractivity contribution in [3.8, 4) is 11.4 Å². The molecule has 10 nitrogen and oxygen atoms in total. The maximum absolute atomic E-state index is 13.2. The number of fused-ring (bicyclic) bond motifs is 3. The van der Waals surface area contributed by atoms with Crippen molar-refractivity contribution in [1.29, 1.82) is 0 Å². The van der Waals surface area contributed by atoms with E-state index in [4.69, 9.17) is 10.5 Å². The maximum atomic E-state index is 13.2. The number of halogens is 1. The monoisotopic (exact) mass is 373 g/mol. The summed E-state index contributed by atoms with van der Waals surface area (Å²) in [6, 6.07) is 4.92. The van der Waals surface area contributed by atoms with Crippen molar-refractivity contribution in [2.75, 3.05) is 17.7 Å². The Bertz CT molecular complexity index is 1110. The quantitative estimate of drug-likeness (QED) is 0.589. The van der Waals surface area contributed by atoms with Crippen LogP contribution in [0.1, 0.15) is 12.7 Å². The molecule has 0 amide bonds. The molecule has 0 bridgehead atoms. The van der Waals surface area contributed by atoms with Crippen LogP contribution >= 0.6 is 0 Å². The van der Waals surface area contributed by atoms with Gasteiger partial charge in [-0.2, -0.15) is 10.1 Å². The lowest BCUT2D eigenvalue weighted by atomic mass is 10.1. The number of hydrogen-bond acceptors (Lipinski definition) is 8. The molecule has 3 heterocycles. The number of aryl methyl sites for hydroxylation is 1. The lowest BCUT2D eigenvalue weighted by Gasteiger charge is -2.18. The van der Waals surface area contributed by atoms with Gasteiger partial charge in [0, 0.05) is 12.7 Å². The van der Waals surface area contributed by atoms with E-state index < -0.39 is 17.1 Å². The minimum absolute atomic E-state index is 0.0686. The Kier molecular flexibility index (Phi) is 3.63. The van der Waals surface area contributed by atoms with Gasteiger partial charge in [-0.05, 0) is 25.1 Å². The third-order valence-electron chi connectivity index (χ3n) is 4.14. The van der Waals surface area contributed by atoms with E-state index in [0.29, 0.717) is 17.1 Å². The highest BCUT2D eigenvalue weighted by Gasteiger charge is 2.36. The lowest BCUT2D eigenvalue weighted by Crippen LogP contribution is -2.32. The number of nitrogens with one attached hydrogen (secondary N) is 1. The molecular formula is C16H16FN7O3. The van der Waals surface area contributed by atoms with Gasteiger partial charge in [0.2, 0.25) is 5.95 Å². The van der Waals surface area contributed by atoms with Crippen LogP contribution in [0.15, 0.2) is 29.2 Å². The molecule has 1 aliphatic heterocycles. The second-order valence-corrected chi connectivity index (χ2v) is 6.36. The third-order valence-corrected chi connectivity index (χ3v) is 4.14.